The van der Waals surface area contributed by atoms with E-state index in [1.54, 1.807) is 12.5 Å². The van der Waals surface area contributed by atoms with Gasteiger partial charge >= 0.3 is 5.56 Å². The van der Waals surface area contributed by atoms with Crippen molar-refractivity contribution in [2.75, 3.05) is 6.54 Å². The Morgan fingerprint density at radius 3 is 2.90 bits per heavy atom. The number of aromatic nitrogens is 4. The lowest BCUT2D eigenvalue weighted by Crippen LogP contribution is -2.29. The Hall–Kier alpha value is -2.64. The van der Waals surface area contributed by atoms with Crippen LogP contribution in [0.15, 0.2) is 34.4 Å². The average molecular weight is 291 g/mol. The molecule has 2 rings (SSSR count). The molecule has 0 radical (unpaired) electrons. The number of carbonyl (C=O) groups excluding carboxylic acids is 1. The number of carbonyl (C=O) groups is 1. The van der Waals surface area contributed by atoms with Gasteiger partial charge < -0.3 is 15.0 Å². The number of amides is 1. The van der Waals surface area contributed by atoms with Crippen LogP contribution in [0.2, 0.25) is 0 Å². The summed E-state index contributed by atoms with van der Waals surface area (Å²) in [5.41, 5.74) is -0.764. The first-order chi connectivity index (χ1) is 10.1. The summed E-state index contributed by atoms with van der Waals surface area (Å²) < 4.78 is 1.94. The maximum Gasteiger partial charge on any atom is 0.310 e. The molecule has 2 aromatic rings. The van der Waals surface area contributed by atoms with Crippen LogP contribution in [0.4, 0.5) is 0 Å². The number of nitrogens with one attached hydrogen (secondary N) is 3. The summed E-state index contributed by atoms with van der Waals surface area (Å²) in [4.78, 5) is 37.6. The summed E-state index contributed by atoms with van der Waals surface area (Å²) >= 11 is 0. The third kappa shape index (κ3) is 4.75. The van der Waals surface area contributed by atoms with Gasteiger partial charge in [-0.05, 0) is 12.8 Å². The summed E-state index contributed by atoms with van der Waals surface area (Å²) in [6.07, 6.45) is 6.76. The second-order valence-electron chi connectivity index (χ2n) is 4.62. The van der Waals surface area contributed by atoms with E-state index in [1.807, 2.05) is 10.8 Å². The Bertz CT molecular complexity index is 686. The quantitative estimate of drug-likeness (QED) is 0.467. The predicted molar refractivity (Wildman–Crippen MR) is 75.9 cm³/mol. The van der Waals surface area contributed by atoms with Gasteiger partial charge in [-0.15, -0.1) is 0 Å². The van der Waals surface area contributed by atoms with E-state index in [9.17, 15) is 14.4 Å². The summed E-state index contributed by atoms with van der Waals surface area (Å²) in [7, 11) is 0. The normalized spacial score (nSPS) is 10.5. The number of aromatic amines is 2. The lowest BCUT2D eigenvalue weighted by atomic mass is 10.2. The molecule has 3 N–H and O–H groups in total. The molecule has 0 spiro atoms. The average Bonchev–Trinajstić information content (AvgIpc) is 2.98. The topological polar surface area (TPSA) is 113 Å². The van der Waals surface area contributed by atoms with Crippen LogP contribution in [0.3, 0.4) is 0 Å². The van der Waals surface area contributed by atoms with E-state index in [0.717, 1.165) is 13.0 Å². The molecule has 1 amide bonds. The van der Waals surface area contributed by atoms with E-state index >= 15 is 0 Å². The molecule has 0 aromatic carbocycles. The van der Waals surface area contributed by atoms with E-state index in [2.05, 4.69) is 20.5 Å². The number of aryl methyl sites for hydroxylation is 2. The van der Waals surface area contributed by atoms with Gasteiger partial charge in [-0.2, -0.15) is 0 Å². The Labute approximate surface area is 120 Å². The van der Waals surface area contributed by atoms with E-state index in [0.29, 0.717) is 18.7 Å². The van der Waals surface area contributed by atoms with Gasteiger partial charge in [0.15, 0.2) is 0 Å². The van der Waals surface area contributed by atoms with Crippen LogP contribution in [0.1, 0.15) is 18.5 Å². The lowest BCUT2D eigenvalue weighted by Gasteiger charge is -2.05. The maximum absolute atomic E-state index is 11.6. The lowest BCUT2D eigenvalue weighted by molar-refractivity contribution is -0.121. The van der Waals surface area contributed by atoms with E-state index < -0.39 is 11.0 Å². The zero-order valence-electron chi connectivity index (χ0n) is 11.5. The highest BCUT2D eigenvalue weighted by molar-refractivity contribution is 5.76. The van der Waals surface area contributed by atoms with Crippen molar-refractivity contribution >= 4 is 5.91 Å². The molecule has 8 heteroatoms. The number of H-pyrrole nitrogens is 2. The van der Waals surface area contributed by atoms with Crippen molar-refractivity contribution in [3.8, 4) is 0 Å². The highest BCUT2D eigenvalue weighted by Gasteiger charge is 2.03. The Morgan fingerprint density at radius 1 is 1.33 bits per heavy atom. The van der Waals surface area contributed by atoms with Gasteiger partial charge in [0.1, 0.15) is 0 Å². The number of nitrogens with zero attached hydrogens (tertiary/aromatic N) is 2. The van der Waals surface area contributed by atoms with Gasteiger partial charge in [-0.1, -0.05) is 0 Å². The van der Waals surface area contributed by atoms with Gasteiger partial charge in [0, 0.05) is 43.7 Å². The third-order valence-electron chi connectivity index (χ3n) is 2.96. The van der Waals surface area contributed by atoms with E-state index in [4.69, 9.17) is 0 Å². The summed E-state index contributed by atoms with van der Waals surface area (Å²) in [5, 5.41) is 7.62. The van der Waals surface area contributed by atoms with Crippen LogP contribution >= 0.6 is 0 Å². The predicted octanol–water partition coefficient (Wildman–Crippen LogP) is -0.601. The molecule has 0 unspecified atom stereocenters. The Kier molecular flexibility index (Phi) is 5.08. The van der Waals surface area contributed by atoms with Crippen LogP contribution in [0.5, 0.6) is 0 Å². The Balaban J connectivity index is 1.66. The van der Waals surface area contributed by atoms with Gasteiger partial charge in [0.05, 0.1) is 6.33 Å². The molecule has 0 aliphatic rings. The minimum absolute atomic E-state index is 0.0901. The summed E-state index contributed by atoms with van der Waals surface area (Å²) in [5.74, 6) is -0.0901. The number of imidazole rings is 1. The minimum atomic E-state index is -0.692. The first kappa shape index (κ1) is 14.8. The van der Waals surface area contributed by atoms with Crippen molar-refractivity contribution in [3.05, 3.63) is 51.1 Å². The molecule has 0 saturated heterocycles. The molecule has 0 atom stereocenters. The van der Waals surface area contributed by atoms with Crippen LogP contribution in [-0.2, 0) is 17.8 Å². The molecule has 8 nitrogen and oxygen atoms in total. The first-order valence-corrected chi connectivity index (χ1v) is 6.68. The van der Waals surface area contributed by atoms with Crippen LogP contribution in [0, 0.1) is 0 Å². The van der Waals surface area contributed by atoms with Gasteiger partial charge in [-0.3, -0.25) is 19.5 Å². The summed E-state index contributed by atoms with van der Waals surface area (Å²) in [6, 6.07) is 1.21. The highest BCUT2D eigenvalue weighted by Crippen LogP contribution is 1.94. The zero-order valence-corrected chi connectivity index (χ0v) is 11.5. The molecule has 2 aromatic heterocycles. The molecule has 0 aliphatic heterocycles. The number of hydrogen-bond donors (Lipinski definition) is 3. The molecule has 21 heavy (non-hydrogen) atoms. The fourth-order valence-corrected chi connectivity index (χ4v) is 1.84. The highest BCUT2D eigenvalue weighted by atomic mass is 16.2. The fourth-order valence-electron chi connectivity index (χ4n) is 1.84. The molecule has 112 valence electrons. The second-order valence-corrected chi connectivity index (χ2v) is 4.62. The van der Waals surface area contributed by atoms with Gasteiger partial charge in [0.2, 0.25) is 11.3 Å². The Morgan fingerprint density at radius 2 is 2.19 bits per heavy atom. The number of hydrogen-bond acceptors (Lipinski definition) is 4. The summed E-state index contributed by atoms with van der Waals surface area (Å²) in [6.45, 7) is 1.38. The first-order valence-electron chi connectivity index (χ1n) is 6.68. The largest absolute Gasteiger partial charge is 0.356 e. The SMILES string of the molecule is O=C(CCc1cc(=O)c(=O)[nH][nH]1)NCCCn1ccnc1. The van der Waals surface area contributed by atoms with Crippen LogP contribution in [0.25, 0.3) is 0 Å². The molecule has 0 bridgehead atoms. The minimum Gasteiger partial charge on any atom is -0.356 e. The van der Waals surface area contributed by atoms with Crippen molar-refractivity contribution in [2.45, 2.75) is 25.8 Å². The van der Waals surface area contributed by atoms with Crippen molar-refractivity contribution < 1.29 is 4.79 Å². The molecule has 2 heterocycles. The fraction of sp³-hybridized carbons (Fsp3) is 0.385. The molecule has 0 saturated carbocycles. The maximum atomic E-state index is 11.6. The third-order valence-corrected chi connectivity index (χ3v) is 2.96. The van der Waals surface area contributed by atoms with E-state index in [-0.39, 0.29) is 12.3 Å². The molecule has 0 fully saturated rings. The molecular weight excluding hydrogens is 274 g/mol. The van der Waals surface area contributed by atoms with Crippen molar-refractivity contribution in [1.29, 1.82) is 0 Å². The van der Waals surface area contributed by atoms with Crippen molar-refractivity contribution in [1.82, 2.24) is 25.1 Å². The molecular formula is C13H17N5O3. The van der Waals surface area contributed by atoms with Gasteiger partial charge in [-0.25, -0.2) is 4.98 Å². The van der Waals surface area contributed by atoms with Crippen molar-refractivity contribution in [3.63, 3.8) is 0 Å². The smallest absolute Gasteiger partial charge is 0.310 e. The second kappa shape index (κ2) is 7.22. The van der Waals surface area contributed by atoms with E-state index in [1.165, 1.54) is 6.07 Å². The van der Waals surface area contributed by atoms with Gasteiger partial charge in [0.25, 0.3) is 0 Å². The van der Waals surface area contributed by atoms with Crippen molar-refractivity contribution in [2.24, 2.45) is 0 Å². The zero-order chi connectivity index (χ0) is 15.1. The number of rotatable bonds is 7. The molecule has 0 aliphatic carbocycles. The van der Waals surface area contributed by atoms with Crippen LogP contribution < -0.4 is 16.3 Å². The van der Waals surface area contributed by atoms with Crippen LogP contribution in [-0.4, -0.2) is 32.2 Å². The standard InChI is InChI=1S/C13H17N5O3/c19-11-8-10(16-17-13(11)21)2-3-12(20)15-4-1-6-18-7-5-14-9-18/h5,7-9H,1-4,6H2,(H,15,20)(H,16,19)(H,17,21). The monoisotopic (exact) mass is 291 g/mol.